The number of fused-ring (bicyclic) bond motifs is 2. The third-order valence-electron chi connectivity index (χ3n) is 6.12. The highest BCUT2D eigenvalue weighted by Crippen LogP contribution is 2.36. The number of morpholine rings is 1. The molecule has 0 saturated carbocycles. The first kappa shape index (κ1) is 19.3. The fraction of sp³-hybridized carbons (Fsp3) is 0.280. The van der Waals surface area contributed by atoms with Gasteiger partial charge in [0.1, 0.15) is 5.76 Å². The number of nitrogens with zero attached hydrogens (tertiary/aromatic N) is 3. The molecule has 1 saturated heterocycles. The second kappa shape index (κ2) is 7.62. The zero-order chi connectivity index (χ0) is 21.7. The Morgan fingerprint density at radius 3 is 2.72 bits per heavy atom. The van der Waals surface area contributed by atoms with Gasteiger partial charge in [0.2, 0.25) is 5.89 Å². The highest BCUT2D eigenvalue weighted by molar-refractivity contribution is 6.01. The maximum atomic E-state index is 6.24. The van der Waals surface area contributed by atoms with E-state index in [1.807, 2.05) is 24.7 Å². The van der Waals surface area contributed by atoms with Crippen LogP contribution >= 0.6 is 0 Å². The molecule has 2 aromatic carbocycles. The summed E-state index contributed by atoms with van der Waals surface area (Å²) in [5.41, 5.74) is 5.23. The summed E-state index contributed by atoms with van der Waals surface area (Å²) >= 11 is 0. The largest absolute Gasteiger partial charge is 0.440 e. The minimum absolute atomic E-state index is 0.222. The quantitative estimate of drug-likeness (QED) is 0.423. The molecule has 0 radical (unpaired) electrons. The van der Waals surface area contributed by atoms with Crippen molar-refractivity contribution in [3.63, 3.8) is 0 Å². The first-order valence-corrected chi connectivity index (χ1v) is 11.0. The van der Waals surface area contributed by atoms with E-state index in [1.54, 1.807) is 0 Å². The molecule has 0 amide bonds. The highest BCUT2D eigenvalue weighted by atomic mass is 16.5. The van der Waals surface area contributed by atoms with E-state index in [1.165, 1.54) is 5.39 Å². The Balaban J connectivity index is 1.38. The third-order valence-corrected chi connectivity index (χ3v) is 6.12. The van der Waals surface area contributed by atoms with Crippen LogP contribution in [0, 0.1) is 0 Å². The maximum Gasteiger partial charge on any atom is 0.227 e. The lowest BCUT2D eigenvalue weighted by Crippen LogP contribution is -2.44. The van der Waals surface area contributed by atoms with Gasteiger partial charge in [-0.25, -0.2) is 4.98 Å². The zero-order valence-corrected chi connectivity index (χ0v) is 18.1. The van der Waals surface area contributed by atoms with Crippen molar-refractivity contribution >= 4 is 21.8 Å². The van der Waals surface area contributed by atoms with Crippen LogP contribution in [0.5, 0.6) is 0 Å². The SMILES string of the molecule is C[C@@H]1CN(Cc2cnc(-c3cc(-c4c[nH]c5ccccc45)cc4[nH]ncc34)o2)C[C@H](C)O1. The number of ether oxygens (including phenoxy) is 1. The molecule has 7 nitrogen and oxygen atoms in total. The van der Waals surface area contributed by atoms with E-state index < -0.39 is 0 Å². The zero-order valence-electron chi connectivity index (χ0n) is 18.1. The Kier molecular flexibility index (Phi) is 4.59. The van der Waals surface area contributed by atoms with Crippen LogP contribution < -0.4 is 0 Å². The molecule has 4 heterocycles. The van der Waals surface area contributed by atoms with E-state index in [2.05, 4.69) is 69.2 Å². The van der Waals surface area contributed by atoms with Gasteiger partial charge in [0.05, 0.1) is 36.7 Å². The van der Waals surface area contributed by atoms with Crippen LogP contribution in [0.4, 0.5) is 0 Å². The maximum absolute atomic E-state index is 6.24. The minimum atomic E-state index is 0.222. The number of para-hydroxylation sites is 1. The van der Waals surface area contributed by atoms with Crippen LogP contribution in [0.1, 0.15) is 19.6 Å². The molecular weight excluding hydrogens is 402 g/mol. The van der Waals surface area contributed by atoms with Crippen molar-refractivity contribution in [2.24, 2.45) is 0 Å². The van der Waals surface area contributed by atoms with Gasteiger partial charge in [0, 0.05) is 46.7 Å². The van der Waals surface area contributed by atoms with Crippen molar-refractivity contribution < 1.29 is 9.15 Å². The Bertz CT molecular complexity index is 1390. The predicted octanol–water partition coefficient (Wildman–Crippen LogP) is 4.98. The Hall–Kier alpha value is -3.42. The van der Waals surface area contributed by atoms with Gasteiger partial charge in [-0.2, -0.15) is 5.10 Å². The van der Waals surface area contributed by atoms with Crippen molar-refractivity contribution in [1.29, 1.82) is 0 Å². The molecule has 1 fully saturated rings. The van der Waals surface area contributed by atoms with E-state index in [0.29, 0.717) is 5.89 Å². The monoisotopic (exact) mass is 427 g/mol. The normalized spacial score (nSPS) is 19.8. The van der Waals surface area contributed by atoms with Gasteiger partial charge < -0.3 is 14.1 Å². The summed E-state index contributed by atoms with van der Waals surface area (Å²) in [5, 5.41) is 9.55. The molecule has 0 bridgehead atoms. The molecule has 7 heteroatoms. The van der Waals surface area contributed by atoms with Crippen LogP contribution in [0.3, 0.4) is 0 Å². The molecule has 32 heavy (non-hydrogen) atoms. The second-order valence-electron chi connectivity index (χ2n) is 8.69. The Morgan fingerprint density at radius 2 is 1.84 bits per heavy atom. The summed E-state index contributed by atoms with van der Waals surface area (Å²) in [6, 6.07) is 12.6. The fourth-order valence-electron chi connectivity index (χ4n) is 4.83. The lowest BCUT2D eigenvalue weighted by atomic mass is 10.00. The number of hydrogen-bond donors (Lipinski definition) is 2. The Morgan fingerprint density at radius 1 is 1.00 bits per heavy atom. The number of hydrogen-bond acceptors (Lipinski definition) is 5. The van der Waals surface area contributed by atoms with Gasteiger partial charge in [-0.05, 0) is 37.6 Å². The number of aromatic amines is 2. The number of benzene rings is 2. The van der Waals surface area contributed by atoms with Crippen molar-refractivity contribution in [3.8, 4) is 22.6 Å². The van der Waals surface area contributed by atoms with Crippen molar-refractivity contribution in [3.05, 3.63) is 60.7 Å². The van der Waals surface area contributed by atoms with E-state index in [4.69, 9.17) is 9.15 Å². The summed E-state index contributed by atoms with van der Waals surface area (Å²) in [5.74, 6) is 1.47. The third kappa shape index (κ3) is 3.39. The molecule has 6 rings (SSSR count). The molecule has 0 aliphatic carbocycles. The fourth-order valence-corrected chi connectivity index (χ4v) is 4.83. The van der Waals surface area contributed by atoms with Crippen LogP contribution in [0.15, 0.2) is 59.4 Å². The van der Waals surface area contributed by atoms with Gasteiger partial charge in [-0.15, -0.1) is 0 Å². The summed E-state index contributed by atoms with van der Waals surface area (Å²) in [4.78, 5) is 10.4. The molecular formula is C25H25N5O2. The van der Waals surface area contributed by atoms with E-state index in [-0.39, 0.29) is 12.2 Å². The molecule has 1 aliphatic heterocycles. The first-order valence-electron chi connectivity index (χ1n) is 11.0. The molecule has 1 aliphatic rings. The molecule has 3 aromatic heterocycles. The number of H-pyrrole nitrogens is 2. The first-order chi connectivity index (χ1) is 15.6. The van der Waals surface area contributed by atoms with E-state index in [9.17, 15) is 0 Å². The van der Waals surface area contributed by atoms with Gasteiger partial charge in [-0.1, -0.05) is 18.2 Å². The van der Waals surface area contributed by atoms with Crippen LogP contribution in [-0.4, -0.2) is 50.4 Å². The summed E-state index contributed by atoms with van der Waals surface area (Å²) in [6.07, 6.45) is 6.16. The molecule has 0 spiro atoms. The number of nitrogens with one attached hydrogen (secondary N) is 2. The van der Waals surface area contributed by atoms with Crippen molar-refractivity contribution in [2.45, 2.75) is 32.6 Å². The molecule has 2 atom stereocenters. The van der Waals surface area contributed by atoms with Gasteiger partial charge in [-0.3, -0.25) is 10.00 Å². The summed E-state index contributed by atoms with van der Waals surface area (Å²) in [6.45, 7) is 6.73. The van der Waals surface area contributed by atoms with Crippen LogP contribution in [0.2, 0.25) is 0 Å². The number of aromatic nitrogens is 4. The molecule has 162 valence electrons. The van der Waals surface area contributed by atoms with E-state index >= 15 is 0 Å². The van der Waals surface area contributed by atoms with Crippen molar-refractivity contribution in [1.82, 2.24) is 25.1 Å². The number of rotatable bonds is 4. The summed E-state index contributed by atoms with van der Waals surface area (Å²) in [7, 11) is 0. The highest BCUT2D eigenvalue weighted by Gasteiger charge is 2.23. The average Bonchev–Trinajstić information content (AvgIpc) is 3.51. The predicted molar refractivity (Wildman–Crippen MR) is 124 cm³/mol. The summed E-state index contributed by atoms with van der Waals surface area (Å²) < 4.78 is 12.1. The van der Waals surface area contributed by atoms with Gasteiger partial charge in [0.25, 0.3) is 0 Å². The molecule has 0 unspecified atom stereocenters. The Labute approximate surface area is 185 Å². The second-order valence-corrected chi connectivity index (χ2v) is 8.69. The van der Waals surface area contributed by atoms with Crippen molar-refractivity contribution in [2.75, 3.05) is 13.1 Å². The standard InChI is InChI=1S/C25H25N5O2/c1-15-12-30(13-16(2)31-15)14-18-9-27-25(32-18)20-7-17(8-24-22(20)11-28-29-24)21-10-26-23-6-4-3-5-19(21)23/h3-11,15-16,26H,12-14H2,1-2H3,(H,28,29)/t15-,16+. The van der Waals surface area contributed by atoms with Crippen LogP contribution in [0.25, 0.3) is 44.4 Å². The van der Waals surface area contributed by atoms with E-state index in [0.717, 1.165) is 58.5 Å². The topological polar surface area (TPSA) is 83.0 Å². The minimum Gasteiger partial charge on any atom is -0.440 e. The average molecular weight is 428 g/mol. The molecule has 5 aromatic rings. The lowest BCUT2D eigenvalue weighted by Gasteiger charge is -2.34. The van der Waals surface area contributed by atoms with Gasteiger partial charge >= 0.3 is 0 Å². The smallest absolute Gasteiger partial charge is 0.227 e. The lowest BCUT2D eigenvalue weighted by molar-refractivity contribution is -0.0718. The van der Waals surface area contributed by atoms with Gasteiger partial charge in [0.15, 0.2) is 0 Å². The number of oxazole rings is 1. The molecule has 2 N–H and O–H groups in total. The van der Waals surface area contributed by atoms with Crippen LogP contribution in [-0.2, 0) is 11.3 Å².